The highest BCUT2D eigenvalue weighted by Crippen LogP contribution is 2.26. The number of aromatic nitrogens is 2. The van der Waals surface area contributed by atoms with E-state index in [0.717, 1.165) is 5.69 Å². The average molecular weight is 269 g/mol. The van der Waals surface area contributed by atoms with Crippen molar-refractivity contribution in [2.24, 2.45) is 5.84 Å². The van der Waals surface area contributed by atoms with Crippen LogP contribution in [-0.4, -0.2) is 9.78 Å². The third kappa shape index (κ3) is 2.38. The first-order valence-corrected chi connectivity index (χ1v) is 5.98. The van der Waals surface area contributed by atoms with Gasteiger partial charge in [0, 0.05) is 23.3 Å². The Morgan fingerprint density at radius 3 is 2.94 bits per heavy atom. The molecule has 0 spiro atoms. The molecule has 2 rings (SSSR count). The summed E-state index contributed by atoms with van der Waals surface area (Å²) in [6.07, 6.45) is 1.66. The minimum absolute atomic E-state index is 0.355. The van der Waals surface area contributed by atoms with E-state index in [4.69, 9.17) is 17.4 Å². The van der Waals surface area contributed by atoms with Crippen molar-refractivity contribution >= 4 is 11.6 Å². The first kappa shape index (κ1) is 13.0. The van der Waals surface area contributed by atoms with Gasteiger partial charge >= 0.3 is 0 Å². The summed E-state index contributed by atoms with van der Waals surface area (Å²) in [6.45, 7) is 2.64. The summed E-state index contributed by atoms with van der Waals surface area (Å²) >= 11 is 5.90. The number of halogens is 2. The Labute approximate surface area is 110 Å². The van der Waals surface area contributed by atoms with Crippen LogP contribution in [0.2, 0.25) is 5.02 Å². The highest BCUT2D eigenvalue weighted by molar-refractivity contribution is 6.30. The predicted octanol–water partition coefficient (Wildman–Crippen LogP) is 2.25. The quantitative estimate of drug-likeness (QED) is 0.661. The molecule has 1 aromatic carbocycles. The zero-order valence-electron chi connectivity index (χ0n) is 9.90. The molecule has 0 aliphatic heterocycles. The number of aryl methyl sites for hydroxylation is 1. The number of hydrogen-bond acceptors (Lipinski definition) is 3. The van der Waals surface area contributed by atoms with Crippen LogP contribution in [-0.2, 0) is 6.54 Å². The lowest BCUT2D eigenvalue weighted by atomic mass is 10.0. The van der Waals surface area contributed by atoms with E-state index in [1.165, 1.54) is 12.1 Å². The molecule has 0 bridgehead atoms. The van der Waals surface area contributed by atoms with E-state index in [2.05, 4.69) is 10.5 Å². The van der Waals surface area contributed by atoms with E-state index >= 15 is 0 Å². The number of hydrogen-bond donors (Lipinski definition) is 2. The Bertz CT molecular complexity index is 541. The van der Waals surface area contributed by atoms with Crippen molar-refractivity contribution < 1.29 is 4.39 Å². The summed E-state index contributed by atoms with van der Waals surface area (Å²) < 4.78 is 15.6. The van der Waals surface area contributed by atoms with Gasteiger partial charge < -0.3 is 0 Å². The van der Waals surface area contributed by atoms with Gasteiger partial charge in [0.2, 0.25) is 0 Å². The second kappa shape index (κ2) is 5.48. The fourth-order valence-electron chi connectivity index (χ4n) is 1.92. The molecule has 18 heavy (non-hydrogen) atoms. The van der Waals surface area contributed by atoms with Gasteiger partial charge in [-0.2, -0.15) is 5.10 Å². The van der Waals surface area contributed by atoms with Crippen molar-refractivity contribution in [2.75, 3.05) is 0 Å². The van der Waals surface area contributed by atoms with Crippen molar-refractivity contribution in [3.05, 3.63) is 52.6 Å². The number of nitrogens with one attached hydrogen (secondary N) is 1. The van der Waals surface area contributed by atoms with Crippen LogP contribution in [0.5, 0.6) is 0 Å². The third-order valence-electron chi connectivity index (χ3n) is 2.78. The SMILES string of the molecule is CCn1nccc1C(NN)c1cc(Cl)ccc1F. The Balaban J connectivity index is 2.48. The molecular formula is C12H14ClFN4. The van der Waals surface area contributed by atoms with Crippen LogP contribution in [0.3, 0.4) is 0 Å². The molecule has 96 valence electrons. The van der Waals surface area contributed by atoms with Gasteiger partial charge in [-0.05, 0) is 31.2 Å². The molecule has 0 amide bonds. The fourth-order valence-corrected chi connectivity index (χ4v) is 2.10. The van der Waals surface area contributed by atoms with E-state index in [-0.39, 0.29) is 5.82 Å². The van der Waals surface area contributed by atoms with Crippen molar-refractivity contribution in [3.8, 4) is 0 Å². The van der Waals surface area contributed by atoms with Crippen LogP contribution in [0.4, 0.5) is 4.39 Å². The molecule has 2 aromatic rings. The summed E-state index contributed by atoms with van der Waals surface area (Å²) in [6, 6.07) is 5.72. The van der Waals surface area contributed by atoms with Gasteiger partial charge in [-0.1, -0.05) is 11.6 Å². The molecule has 0 fully saturated rings. The van der Waals surface area contributed by atoms with Gasteiger partial charge in [0.05, 0.1) is 11.7 Å². The summed E-state index contributed by atoms with van der Waals surface area (Å²) in [5.41, 5.74) is 3.80. The van der Waals surface area contributed by atoms with Gasteiger partial charge in [-0.15, -0.1) is 0 Å². The lowest BCUT2D eigenvalue weighted by molar-refractivity contribution is 0.516. The van der Waals surface area contributed by atoms with Crippen LogP contribution < -0.4 is 11.3 Å². The Morgan fingerprint density at radius 2 is 2.28 bits per heavy atom. The number of hydrazine groups is 1. The molecule has 1 aromatic heterocycles. The highest BCUT2D eigenvalue weighted by atomic mass is 35.5. The molecule has 3 N–H and O–H groups in total. The van der Waals surface area contributed by atoms with Gasteiger partial charge in [0.1, 0.15) is 5.82 Å². The molecule has 0 radical (unpaired) electrons. The maximum Gasteiger partial charge on any atom is 0.128 e. The summed E-state index contributed by atoms with van der Waals surface area (Å²) in [4.78, 5) is 0. The molecule has 6 heteroatoms. The first-order valence-electron chi connectivity index (χ1n) is 5.60. The van der Waals surface area contributed by atoms with Crippen LogP contribution in [0, 0.1) is 5.82 Å². The van der Waals surface area contributed by atoms with Crippen molar-refractivity contribution in [2.45, 2.75) is 19.5 Å². The van der Waals surface area contributed by atoms with Gasteiger partial charge in [0.15, 0.2) is 0 Å². The molecular weight excluding hydrogens is 255 g/mol. The molecule has 0 aliphatic carbocycles. The normalized spacial score (nSPS) is 12.7. The van der Waals surface area contributed by atoms with E-state index in [1.807, 2.05) is 6.92 Å². The monoisotopic (exact) mass is 268 g/mol. The minimum atomic E-state index is -0.480. The van der Waals surface area contributed by atoms with E-state index in [1.54, 1.807) is 23.0 Å². The molecule has 1 unspecified atom stereocenters. The lowest BCUT2D eigenvalue weighted by Gasteiger charge is -2.18. The Kier molecular flexibility index (Phi) is 3.96. The van der Waals surface area contributed by atoms with Crippen LogP contribution in [0.1, 0.15) is 24.2 Å². The second-order valence-corrected chi connectivity index (χ2v) is 4.27. The first-order chi connectivity index (χ1) is 8.67. The van der Waals surface area contributed by atoms with Crippen LogP contribution in [0.25, 0.3) is 0 Å². The molecule has 0 saturated heterocycles. The zero-order valence-corrected chi connectivity index (χ0v) is 10.7. The number of benzene rings is 1. The molecule has 0 saturated carbocycles. The minimum Gasteiger partial charge on any atom is -0.271 e. The smallest absolute Gasteiger partial charge is 0.128 e. The van der Waals surface area contributed by atoms with E-state index in [9.17, 15) is 4.39 Å². The molecule has 4 nitrogen and oxygen atoms in total. The van der Waals surface area contributed by atoms with Crippen LogP contribution in [0.15, 0.2) is 30.5 Å². The topological polar surface area (TPSA) is 55.9 Å². The maximum absolute atomic E-state index is 13.9. The second-order valence-electron chi connectivity index (χ2n) is 3.84. The highest BCUT2D eigenvalue weighted by Gasteiger charge is 2.20. The standard InChI is InChI=1S/C12H14ClFN4/c1-2-18-11(5-6-16-18)12(17-15)9-7-8(13)3-4-10(9)14/h3-7,12,17H,2,15H2,1H3. The lowest BCUT2D eigenvalue weighted by Crippen LogP contribution is -2.31. The summed E-state index contributed by atoms with van der Waals surface area (Å²) in [5.74, 6) is 5.18. The zero-order chi connectivity index (χ0) is 13.1. The Morgan fingerprint density at radius 1 is 1.50 bits per heavy atom. The van der Waals surface area contributed by atoms with Crippen molar-refractivity contribution in [1.82, 2.24) is 15.2 Å². The van der Waals surface area contributed by atoms with Crippen LogP contribution >= 0.6 is 11.6 Å². The van der Waals surface area contributed by atoms with E-state index in [0.29, 0.717) is 17.1 Å². The average Bonchev–Trinajstić information content (AvgIpc) is 2.83. The van der Waals surface area contributed by atoms with Gasteiger partial charge in [-0.3, -0.25) is 10.5 Å². The van der Waals surface area contributed by atoms with Crippen molar-refractivity contribution in [1.29, 1.82) is 0 Å². The largest absolute Gasteiger partial charge is 0.271 e. The molecule has 1 atom stereocenters. The van der Waals surface area contributed by atoms with Gasteiger partial charge in [0.25, 0.3) is 0 Å². The van der Waals surface area contributed by atoms with Crippen molar-refractivity contribution in [3.63, 3.8) is 0 Å². The van der Waals surface area contributed by atoms with E-state index < -0.39 is 6.04 Å². The number of nitrogens with zero attached hydrogens (tertiary/aromatic N) is 2. The predicted molar refractivity (Wildman–Crippen MR) is 68.5 cm³/mol. The summed E-state index contributed by atoms with van der Waals surface area (Å²) in [5, 5.41) is 4.61. The number of nitrogens with two attached hydrogens (primary N) is 1. The Hall–Kier alpha value is -1.43. The fraction of sp³-hybridized carbons (Fsp3) is 0.250. The third-order valence-corrected chi connectivity index (χ3v) is 3.02. The van der Waals surface area contributed by atoms with Gasteiger partial charge in [-0.25, -0.2) is 9.82 Å². The summed E-state index contributed by atoms with van der Waals surface area (Å²) in [7, 11) is 0. The molecule has 1 heterocycles. The number of rotatable bonds is 4. The maximum atomic E-state index is 13.9. The molecule has 0 aliphatic rings.